The van der Waals surface area contributed by atoms with E-state index in [0.29, 0.717) is 24.5 Å². The van der Waals surface area contributed by atoms with Gasteiger partial charge in [0.15, 0.2) is 0 Å². The number of carbonyl (C=O) groups excluding carboxylic acids is 1. The van der Waals surface area contributed by atoms with E-state index >= 15 is 0 Å². The zero-order chi connectivity index (χ0) is 13.8. The number of likely N-dealkylation sites (N-methyl/N-ethyl adjacent to an activating group) is 1. The molecular formula is C14H22Cl2N2O. The van der Waals surface area contributed by atoms with Gasteiger partial charge in [-0.15, -0.1) is 12.4 Å². The molecule has 0 fully saturated rings. The third-order valence-corrected chi connectivity index (χ3v) is 3.31. The highest BCUT2D eigenvalue weighted by Gasteiger charge is 2.21. The van der Waals surface area contributed by atoms with Crippen molar-refractivity contribution in [1.82, 2.24) is 4.90 Å². The second-order valence-electron chi connectivity index (χ2n) is 5.39. The third-order valence-electron chi connectivity index (χ3n) is 2.94. The number of hydrogen-bond acceptors (Lipinski definition) is 2. The quantitative estimate of drug-likeness (QED) is 0.909. The van der Waals surface area contributed by atoms with Gasteiger partial charge in [-0.1, -0.05) is 43.6 Å². The van der Waals surface area contributed by atoms with Gasteiger partial charge in [-0.05, 0) is 23.6 Å². The SMILES string of the molecule is CN(CC(C)(C)CN)C(=O)Cc1ccccc1Cl.Cl. The summed E-state index contributed by atoms with van der Waals surface area (Å²) < 4.78 is 0. The molecule has 0 radical (unpaired) electrons. The van der Waals surface area contributed by atoms with Crippen LogP contribution in [0.3, 0.4) is 0 Å². The van der Waals surface area contributed by atoms with Gasteiger partial charge in [0.25, 0.3) is 0 Å². The van der Waals surface area contributed by atoms with Crippen LogP contribution in [0.15, 0.2) is 24.3 Å². The number of nitrogens with zero attached hydrogens (tertiary/aromatic N) is 1. The molecule has 0 aliphatic rings. The van der Waals surface area contributed by atoms with Gasteiger partial charge < -0.3 is 10.6 Å². The van der Waals surface area contributed by atoms with E-state index in [2.05, 4.69) is 0 Å². The highest BCUT2D eigenvalue weighted by atomic mass is 35.5. The molecule has 0 saturated carbocycles. The van der Waals surface area contributed by atoms with E-state index in [1.54, 1.807) is 18.0 Å². The van der Waals surface area contributed by atoms with Crippen molar-refractivity contribution in [2.75, 3.05) is 20.1 Å². The number of hydrogen-bond donors (Lipinski definition) is 1. The monoisotopic (exact) mass is 304 g/mol. The number of halogens is 2. The fourth-order valence-electron chi connectivity index (χ4n) is 1.73. The van der Waals surface area contributed by atoms with Gasteiger partial charge in [0.05, 0.1) is 6.42 Å². The van der Waals surface area contributed by atoms with Crippen LogP contribution < -0.4 is 5.73 Å². The second kappa shape index (κ2) is 7.73. The first-order chi connectivity index (χ1) is 8.35. The van der Waals surface area contributed by atoms with Gasteiger partial charge >= 0.3 is 0 Å². The molecule has 108 valence electrons. The Bertz CT molecular complexity index is 422. The van der Waals surface area contributed by atoms with Crippen molar-refractivity contribution in [2.24, 2.45) is 11.1 Å². The summed E-state index contributed by atoms with van der Waals surface area (Å²) in [5, 5.41) is 0.636. The molecule has 19 heavy (non-hydrogen) atoms. The Labute approximate surface area is 126 Å². The van der Waals surface area contributed by atoms with Crippen molar-refractivity contribution >= 4 is 29.9 Å². The average molecular weight is 305 g/mol. The lowest BCUT2D eigenvalue weighted by molar-refractivity contribution is -0.130. The summed E-state index contributed by atoms with van der Waals surface area (Å²) in [7, 11) is 1.80. The highest BCUT2D eigenvalue weighted by molar-refractivity contribution is 6.31. The molecule has 0 unspecified atom stereocenters. The predicted octanol–water partition coefficient (Wildman–Crippen LogP) is 2.75. The van der Waals surface area contributed by atoms with E-state index in [1.165, 1.54) is 0 Å². The van der Waals surface area contributed by atoms with Crippen molar-refractivity contribution in [3.63, 3.8) is 0 Å². The van der Waals surface area contributed by atoms with Crippen LogP contribution in [0.5, 0.6) is 0 Å². The minimum Gasteiger partial charge on any atom is -0.345 e. The lowest BCUT2D eigenvalue weighted by Crippen LogP contribution is -2.40. The van der Waals surface area contributed by atoms with Crippen molar-refractivity contribution < 1.29 is 4.79 Å². The molecule has 0 aliphatic carbocycles. The van der Waals surface area contributed by atoms with E-state index < -0.39 is 0 Å². The van der Waals surface area contributed by atoms with Crippen LogP contribution in [0.1, 0.15) is 19.4 Å². The minimum atomic E-state index is -0.0646. The molecule has 0 saturated heterocycles. The number of amides is 1. The summed E-state index contributed by atoms with van der Waals surface area (Å²) in [5.41, 5.74) is 6.47. The summed E-state index contributed by atoms with van der Waals surface area (Å²) in [6.07, 6.45) is 0.330. The van der Waals surface area contributed by atoms with Gasteiger partial charge in [0.1, 0.15) is 0 Å². The molecule has 0 atom stereocenters. The van der Waals surface area contributed by atoms with E-state index in [1.807, 2.05) is 32.0 Å². The molecule has 3 nitrogen and oxygen atoms in total. The highest BCUT2D eigenvalue weighted by Crippen LogP contribution is 2.18. The third kappa shape index (κ3) is 5.81. The summed E-state index contributed by atoms with van der Waals surface area (Å²) in [4.78, 5) is 13.8. The van der Waals surface area contributed by atoms with Crippen LogP contribution in [0.4, 0.5) is 0 Å². The van der Waals surface area contributed by atoms with Gasteiger partial charge in [-0.3, -0.25) is 4.79 Å². The number of rotatable bonds is 5. The van der Waals surface area contributed by atoms with Crippen LogP contribution in [-0.2, 0) is 11.2 Å². The Morgan fingerprint density at radius 3 is 2.47 bits per heavy atom. The van der Waals surface area contributed by atoms with Crippen LogP contribution >= 0.6 is 24.0 Å². The Hall–Kier alpha value is -0.770. The van der Waals surface area contributed by atoms with Gasteiger partial charge in [-0.2, -0.15) is 0 Å². The molecular weight excluding hydrogens is 283 g/mol. The Kier molecular flexibility index (Phi) is 7.42. The first-order valence-corrected chi connectivity index (χ1v) is 6.41. The molecule has 1 rings (SSSR count). The first-order valence-electron chi connectivity index (χ1n) is 6.03. The summed E-state index contributed by atoms with van der Waals surface area (Å²) in [6, 6.07) is 7.42. The lowest BCUT2D eigenvalue weighted by Gasteiger charge is -2.29. The molecule has 0 aromatic heterocycles. The normalized spacial score (nSPS) is 10.8. The van der Waals surface area contributed by atoms with Crippen molar-refractivity contribution in [3.05, 3.63) is 34.9 Å². The zero-order valence-electron chi connectivity index (χ0n) is 11.6. The van der Waals surface area contributed by atoms with Gasteiger partial charge in [-0.25, -0.2) is 0 Å². The molecule has 5 heteroatoms. The fraction of sp³-hybridized carbons (Fsp3) is 0.500. The largest absolute Gasteiger partial charge is 0.345 e. The van der Waals surface area contributed by atoms with Gasteiger partial charge in [0, 0.05) is 18.6 Å². The second-order valence-corrected chi connectivity index (χ2v) is 5.79. The molecule has 0 aliphatic heterocycles. The lowest BCUT2D eigenvalue weighted by atomic mass is 9.93. The molecule has 1 aromatic carbocycles. The average Bonchev–Trinajstić information content (AvgIpc) is 2.31. The number of benzene rings is 1. The zero-order valence-corrected chi connectivity index (χ0v) is 13.2. The summed E-state index contributed by atoms with van der Waals surface area (Å²) in [5.74, 6) is 0.0598. The van der Waals surface area contributed by atoms with E-state index in [9.17, 15) is 4.79 Å². The molecule has 0 heterocycles. The maximum Gasteiger partial charge on any atom is 0.226 e. The van der Waals surface area contributed by atoms with Crippen LogP contribution in [0.2, 0.25) is 5.02 Å². The predicted molar refractivity (Wildman–Crippen MR) is 82.9 cm³/mol. The topological polar surface area (TPSA) is 46.3 Å². The maximum absolute atomic E-state index is 12.1. The van der Waals surface area contributed by atoms with E-state index in [0.717, 1.165) is 5.56 Å². The number of nitrogens with two attached hydrogens (primary N) is 1. The summed E-state index contributed by atoms with van der Waals surface area (Å²) >= 11 is 6.04. The Morgan fingerprint density at radius 1 is 1.37 bits per heavy atom. The standard InChI is InChI=1S/C14H21ClN2O.ClH/c1-14(2,9-16)10-17(3)13(18)8-11-6-4-5-7-12(11)15;/h4-7H,8-10,16H2,1-3H3;1H. The van der Waals surface area contributed by atoms with Crippen LogP contribution in [0.25, 0.3) is 0 Å². The first kappa shape index (κ1) is 18.2. The fourth-order valence-corrected chi connectivity index (χ4v) is 1.94. The van der Waals surface area contributed by atoms with Crippen molar-refractivity contribution in [1.29, 1.82) is 0 Å². The minimum absolute atomic E-state index is 0. The smallest absolute Gasteiger partial charge is 0.226 e. The molecule has 0 spiro atoms. The molecule has 0 bridgehead atoms. The molecule has 2 N–H and O–H groups in total. The summed E-state index contributed by atoms with van der Waals surface area (Å²) in [6.45, 7) is 5.29. The van der Waals surface area contributed by atoms with Crippen LogP contribution in [-0.4, -0.2) is 30.9 Å². The Balaban J connectivity index is 0.00000324. The van der Waals surface area contributed by atoms with Gasteiger partial charge in [0.2, 0.25) is 5.91 Å². The Morgan fingerprint density at radius 2 is 1.95 bits per heavy atom. The number of carbonyl (C=O) groups is 1. The van der Waals surface area contributed by atoms with Crippen LogP contribution in [0, 0.1) is 5.41 Å². The van der Waals surface area contributed by atoms with E-state index in [4.69, 9.17) is 17.3 Å². The van der Waals surface area contributed by atoms with Crippen molar-refractivity contribution in [3.8, 4) is 0 Å². The molecule has 1 amide bonds. The maximum atomic E-state index is 12.1. The van der Waals surface area contributed by atoms with Crippen molar-refractivity contribution in [2.45, 2.75) is 20.3 Å². The molecule has 1 aromatic rings. The van der Waals surface area contributed by atoms with E-state index in [-0.39, 0.29) is 23.7 Å².